The lowest BCUT2D eigenvalue weighted by Gasteiger charge is -2.26. The maximum atomic E-state index is 11.2. The van der Waals surface area contributed by atoms with Gasteiger partial charge in [-0.25, -0.2) is 0 Å². The molecule has 3 heteroatoms. The van der Waals surface area contributed by atoms with Gasteiger partial charge in [0, 0.05) is 27.9 Å². The molecule has 0 spiro atoms. The first kappa shape index (κ1) is 10.6. The minimum atomic E-state index is -0.183. The van der Waals surface area contributed by atoms with Gasteiger partial charge in [0.15, 0.2) is 0 Å². The molecule has 0 saturated heterocycles. The number of rotatable bonds is 1. The fourth-order valence-corrected chi connectivity index (χ4v) is 2.01. The van der Waals surface area contributed by atoms with Crippen molar-refractivity contribution in [2.75, 3.05) is 0 Å². The van der Waals surface area contributed by atoms with Crippen LogP contribution >= 0.6 is 15.9 Å². The summed E-state index contributed by atoms with van der Waals surface area (Å²) in [6.07, 6.45) is 3.45. The average molecular weight is 244 g/mol. The molecule has 13 heavy (non-hydrogen) atoms. The van der Waals surface area contributed by atoms with Gasteiger partial charge >= 0.3 is 0 Å². The number of hydrogen-bond acceptors (Lipinski definition) is 1. The second-order valence-corrected chi connectivity index (χ2v) is 4.52. The molecule has 0 radical (unpaired) electrons. The Morgan fingerprint density at radius 2 is 2.31 bits per heavy atom. The van der Waals surface area contributed by atoms with Gasteiger partial charge in [0.25, 0.3) is 5.91 Å². The largest absolute Gasteiger partial charge is 0.342 e. The van der Waals surface area contributed by atoms with Crippen molar-refractivity contribution in [3.05, 3.63) is 0 Å². The third-order valence-corrected chi connectivity index (χ3v) is 2.92. The molecule has 1 rings (SSSR count). The van der Waals surface area contributed by atoms with Crippen molar-refractivity contribution >= 4 is 21.8 Å². The first-order valence-electron chi connectivity index (χ1n) is 4.48. The number of carbonyl (C=O) groups is 1. The predicted octanol–water partition coefficient (Wildman–Crippen LogP) is 2.04. The summed E-state index contributed by atoms with van der Waals surface area (Å²) in [5.41, 5.74) is 0.226. The Hall–Kier alpha value is -0.490. The molecule has 72 valence electrons. The van der Waals surface area contributed by atoms with E-state index < -0.39 is 0 Å². The monoisotopic (exact) mass is 243 g/mol. The first-order chi connectivity index (χ1) is 6.06. The molecule has 0 bridgehead atoms. The van der Waals surface area contributed by atoms with Crippen LogP contribution in [0.2, 0.25) is 0 Å². The van der Waals surface area contributed by atoms with Crippen molar-refractivity contribution in [1.82, 2.24) is 5.32 Å². The van der Waals surface area contributed by atoms with E-state index in [2.05, 4.69) is 45.8 Å². The number of nitrogens with one attached hydrogen (secondary N) is 1. The maximum Gasteiger partial charge on any atom is 0.296 e. The predicted molar refractivity (Wildman–Crippen MR) is 56.3 cm³/mol. The number of hydrogen-bond donors (Lipinski definition) is 1. The topological polar surface area (TPSA) is 29.1 Å². The van der Waals surface area contributed by atoms with Crippen LogP contribution in [0.3, 0.4) is 0 Å². The molecule has 0 aromatic carbocycles. The third kappa shape index (κ3) is 2.73. The lowest BCUT2D eigenvalue weighted by Crippen LogP contribution is -2.40. The fourth-order valence-electron chi connectivity index (χ4n) is 1.83. The van der Waals surface area contributed by atoms with E-state index in [1.54, 1.807) is 0 Å². The number of amides is 1. The molecule has 1 aliphatic carbocycles. The molecular formula is C10H14BrNO. The zero-order valence-electron chi connectivity index (χ0n) is 7.98. The Balaban J connectivity index is 2.53. The highest BCUT2D eigenvalue weighted by atomic mass is 79.9. The maximum absolute atomic E-state index is 11.2. The third-order valence-electron chi connectivity index (χ3n) is 2.72. The molecule has 2 nitrogen and oxygen atoms in total. The number of halogens is 1. The Morgan fingerprint density at radius 3 is 2.77 bits per heavy atom. The molecule has 1 aliphatic rings. The zero-order chi connectivity index (χ0) is 9.90. The summed E-state index contributed by atoms with van der Waals surface area (Å²) >= 11 is 2.91. The van der Waals surface area contributed by atoms with Gasteiger partial charge in [-0.05, 0) is 23.1 Å². The van der Waals surface area contributed by atoms with Crippen molar-refractivity contribution in [2.24, 2.45) is 5.41 Å². The van der Waals surface area contributed by atoms with E-state index in [-0.39, 0.29) is 17.4 Å². The molecular weight excluding hydrogens is 230 g/mol. The Labute approximate surface area is 87.6 Å². The van der Waals surface area contributed by atoms with Gasteiger partial charge in [-0.3, -0.25) is 4.79 Å². The van der Waals surface area contributed by atoms with Crippen molar-refractivity contribution < 1.29 is 4.79 Å². The molecule has 1 amide bonds. The summed E-state index contributed by atoms with van der Waals surface area (Å²) in [4.78, 5) is 13.6. The molecule has 0 aliphatic heterocycles. The minimum Gasteiger partial charge on any atom is -0.342 e. The summed E-state index contributed by atoms with van der Waals surface area (Å²) in [5, 5.41) is 2.93. The van der Waals surface area contributed by atoms with Crippen LogP contribution in [0, 0.1) is 16.2 Å². The molecule has 1 unspecified atom stereocenters. The van der Waals surface area contributed by atoms with Crippen molar-refractivity contribution in [3.8, 4) is 10.8 Å². The van der Waals surface area contributed by atoms with Gasteiger partial charge in [-0.2, -0.15) is 0 Å². The molecule has 0 aromatic rings. The normalized spacial score (nSPS) is 24.7. The van der Waals surface area contributed by atoms with Gasteiger partial charge in [0.05, 0.1) is 0 Å². The van der Waals surface area contributed by atoms with Crippen LogP contribution in [0.15, 0.2) is 0 Å². The van der Waals surface area contributed by atoms with E-state index in [0.717, 1.165) is 6.42 Å². The van der Waals surface area contributed by atoms with Gasteiger partial charge in [-0.15, -0.1) is 0 Å². The highest BCUT2D eigenvalue weighted by Gasteiger charge is 2.34. The van der Waals surface area contributed by atoms with Gasteiger partial charge < -0.3 is 5.32 Å². The Morgan fingerprint density at radius 1 is 1.62 bits per heavy atom. The van der Waals surface area contributed by atoms with Gasteiger partial charge in [-0.1, -0.05) is 20.3 Å². The Bertz CT molecular complexity index is 262. The molecule has 1 N–H and O–H groups in total. The zero-order valence-corrected chi connectivity index (χ0v) is 9.57. The van der Waals surface area contributed by atoms with E-state index in [1.165, 1.54) is 12.8 Å². The standard InChI is InChI=1S/C10H14BrNO/c1-10(2)6-3-4-8(10)12-9(13)5-7-11/h8H,3-4,6H2,1-2H3,(H,12,13). The van der Waals surface area contributed by atoms with Crippen molar-refractivity contribution in [2.45, 2.75) is 39.2 Å². The molecule has 1 atom stereocenters. The van der Waals surface area contributed by atoms with E-state index in [4.69, 9.17) is 0 Å². The summed E-state index contributed by atoms with van der Waals surface area (Å²) in [6, 6.07) is 0.286. The van der Waals surface area contributed by atoms with Crippen LogP contribution in [0.25, 0.3) is 0 Å². The highest BCUT2D eigenvalue weighted by Crippen LogP contribution is 2.36. The minimum absolute atomic E-state index is 0.183. The van der Waals surface area contributed by atoms with E-state index in [0.29, 0.717) is 0 Å². The summed E-state index contributed by atoms with van der Waals surface area (Å²) in [6.45, 7) is 4.37. The molecule has 0 aromatic heterocycles. The molecule has 1 fully saturated rings. The van der Waals surface area contributed by atoms with E-state index in [9.17, 15) is 4.79 Å². The van der Waals surface area contributed by atoms with Crippen LogP contribution in [-0.4, -0.2) is 11.9 Å². The second kappa shape index (κ2) is 4.15. The van der Waals surface area contributed by atoms with Crippen molar-refractivity contribution in [3.63, 3.8) is 0 Å². The summed E-state index contributed by atoms with van der Waals surface area (Å²) in [7, 11) is 0. The smallest absolute Gasteiger partial charge is 0.296 e. The van der Waals surface area contributed by atoms with Crippen LogP contribution in [0.5, 0.6) is 0 Å². The Kier molecular flexibility index (Phi) is 3.38. The first-order valence-corrected chi connectivity index (χ1v) is 5.28. The quantitative estimate of drug-likeness (QED) is 0.702. The highest BCUT2D eigenvalue weighted by molar-refractivity contribution is 9.12. The van der Waals surface area contributed by atoms with Crippen LogP contribution in [0.1, 0.15) is 33.1 Å². The van der Waals surface area contributed by atoms with Gasteiger partial charge in [0.2, 0.25) is 0 Å². The van der Waals surface area contributed by atoms with E-state index in [1.807, 2.05) is 0 Å². The fraction of sp³-hybridized carbons (Fsp3) is 0.700. The number of carbonyl (C=O) groups excluding carboxylic acids is 1. The van der Waals surface area contributed by atoms with Crippen LogP contribution in [-0.2, 0) is 4.79 Å². The van der Waals surface area contributed by atoms with Crippen LogP contribution < -0.4 is 5.32 Å². The van der Waals surface area contributed by atoms with Gasteiger partial charge in [0.1, 0.15) is 0 Å². The second-order valence-electron chi connectivity index (χ2n) is 4.13. The van der Waals surface area contributed by atoms with E-state index >= 15 is 0 Å². The summed E-state index contributed by atoms with van der Waals surface area (Å²) in [5.74, 6) is 2.24. The molecule has 1 saturated carbocycles. The lowest BCUT2D eigenvalue weighted by atomic mass is 9.87. The molecule has 0 heterocycles. The van der Waals surface area contributed by atoms with Crippen LogP contribution in [0.4, 0.5) is 0 Å². The lowest BCUT2D eigenvalue weighted by molar-refractivity contribution is -0.116. The van der Waals surface area contributed by atoms with Crippen molar-refractivity contribution in [1.29, 1.82) is 0 Å². The SMILES string of the molecule is CC1(C)CCCC1NC(=O)C#CBr. The summed E-state index contributed by atoms with van der Waals surface area (Å²) < 4.78 is 0. The average Bonchev–Trinajstić information content (AvgIpc) is 2.31.